The van der Waals surface area contributed by atoms with Gasteiger partial charge in [-0.25, -0.2) is 4.79 Å². The van der Waals surface area contributed by atoms with Gasteiger partial charge in [-0.3, -0.25) is 0 Å². The molecule has 3 nitrogen and oxygen atoms in total. The van der Waals surface area contributed by atoms with Gasteiger partial charge in [0.2, 0.25) is 0 Å². The first-order chi connectivity index (χ1) is 9.81. The summed E-state index contributed by atoms with van der Waals surface area (Å²) in [4.78, 5) is 14.9. The number of halogens is 4. The van der Waals surface area contributed by atoms with Gasteiger partial charge in [0, 0.05) is 20.8 Å². The summed E-state index contributed by atoms with van der Waals surface area (Å²) in [5.41, 5.74) is 0.551. The summed E-state index contributed by atoms with van der Waals surface area (Å²) in [5.74, 6) is -1.78. The number of hydrogen-bond acceptors (Lipinski definition) is 3. The highest BCUT2D eigenvalue weighted by Crippen LogP contribution is 2.36. The quantitative estimate of drug-likeness (QED) is 0.652. The van der Waals surface area contributed by atoms with Crippen molar-refractivity contribution < 1.29 is 22.7 Å². The summed E-state index contributed by atoms with van der Waals surface area (Å²) in [6, 6.07) is 4.72. The van der Waals surface area contributed by atoms with Crippen LogP contribution in [0.4, 0.5) is 13.2 Å². The summed E-state index contributed by atoms with van der Waals surface area (Å²) >= 11 is 6.41. The number of H-pyrrole nitrogens is 1. The van der Waals surface area contributed by atoms with E-state index in [0.29, 0.717) is 27.7 Å². The number of aromatic amines is 1. The van der Waals surface area contributed by atoms with Crippen LogP contribution in [0.5, 0.6) is 0 Å². The van der Waals surface area contributed by atoms with Crippen LogP contribution in [0.3, 0.4) is 0 Å². The molecule has 2 aromatic rings. The summed E-state index contributed by atoms with van der Waals surface area (Å²) in [6.07, 6.45) is -4.33. The van der Waals surface area contributed by atoms with Crippen molar-refractivity contribution in [3.63, 3.8) is 0 Å². The summed E-state index contributed by atoms with van der Waals surface area (Å²) < 4.78 is 42.2. The molecule has 114 valence electrons. The molecule has 0 saturated heterocycles. The Morgan fingerprint density at radius 1 is 1.43 bits per heavy atom. The van der Waals surface area contributed by atoms with E-state index >= 15 is 0 Å². The highest BCUT2D eigenvalue weighted by atomic mass is 35.5. The molecular weight excluding hydrogens is 327 g/mol. The number of aromatic nitrogens is 1. The second kappa shape index (κ2) is 6.19. The van der Waals surface area contributed by atoms with E-state index in [9.17, 15) is 18.0 Å². The SMILES string of the molecule is CCOC(=O)c1[nH]c2ccc(Cl)cc2c1SCC(F)(F)F. The largest absolute Gasteiger partial charge is 0.461 e. The molecule has 0 saturated carbocycles. The van der Waals surface area contributed by atoms with E-state index in [1.165, 1.54) is 6.07 Å². The first kappa shape index (κ1) is 16.0. The van der Waals surface area contributed by atoms with Crippen LogP contribution < -0.4 is 0 Å². The molecule has 0 radical (unpaired) electrons. The molecule has 0 bridgehead atoms. The molecule has 8 heteroatoms. The van der Waals surface area contributed by atoms with Crippen molar-refractivity contribution in [1.82, 2.24) is 4.98 Å². The first-order valence-electron chi connectivity index (χ1n) is 5.99. The number of carbonyl (C=O) groups excluding carboxylic acids is 1. The van der Waals surface area contributed by atoms with Crippen LogP contribution >= 0.6 is 23.4 Å². The zero-order valence-electron chi connectivity index (χ0n) is 10.9. The molecule has 0 amide bonds. The molecule has 0 unspecified atom stereocenters. The monoisotopic (exact) mass is 337 g/mol. The van der Waals surface area contributed by atoms with Crippen molar-refractivity contribution in [2.75, 3.05) is 12.4 Å². The molecule has 1 aromatic heterocycles. The smallest absolute Gasteiger partial charge is 0.398 e. The second-order valence-corrected chi connectivity index (χ2v) is 5.57. The maximum atomic E-state index is 12.4. The minimum absolute atomic E-state index is 0.0170. The Hall–Kier alpha value is -1.34. The Balaban J connectivity index is 2.48. The molecule has 0 aliphatic rings. The zero-order chi connectivity index (χ0) is 15.6. The molecule has 2 rings (SSSR count). The van der Waals surface area contributed by atoms with Gasteiger partial charge < -0.3 is 9.72 Å². The molecule has 0 aliphatic carbocycles. The van der Waals surface area contributed by atoms with Gasteiger partial charge >= 0.3 is 12.1 Å². The number of nitrogens with one attached hydrogen (secondary N) is 1. The number of fused-ring (bicyclic) bond motifs is 1. The lowest BCUT2D eigenvalue weighted by Gasteiger charge is -2.07. The predicted octanol–water partition coefficient (Wildman–Crippen LogP) is 4.65. The number of esters is 1. The lowest BCUT2D eigenvalue weighted by molar-refractivity contribution is -0.105. The Labute approximate surface area is 127 Å². The van der Waals surface area contributed by atoms with Gasteiger partial charge in [0.25, 0.3) is 0 Å². The Bertz CT molecular complexity index is 669. The van der Waals surface area contributed by atoms with E-state index < -0.39 is 17.9 Å². The van der Waals surface area contributed by atoms with Crippen LogP contribution in [0.2, 0.25) is 5.02 Å². The zero-order valence-corrected chi connectivity index (χ0v) is 12.5. The van der Waals surface area contributed by atoms with E-state index in [1.807, 2.05) is 0 Å². The molecule has 1 N–H and O–H groups in total. The second-order valence-electron chi connectivity index (χ2n) is 4.14. The molecular formula is C13H11ClF3NO2S. The summed E-state index contributed by atoms with van der Waals surface area (Å²) in [7, 11) is 0. The number of hydrogen-bond donors (Lipinski definition) is 1. The standard InChI is InChI=1S/C13H11ClF3NO2S/c1-2-20-12(19)10-11(21-6-13(15,16)17)8-5-7(14)3-4-9(8)18-10/h3-5,18H,2,6H2,1H3. The van der Waals surface area contributed by atoms with E-state index in [-0.39, 0.29) is 17.2 Å². The molecule has 0 spiro atoms. The van der Waals surface area contributed by atoms with Crippen molar-refractivity contribution in [3.05, 3.63) is 28.9 Å². The average Bonchev–Trinajstić information content (AvgIpc) is 2.73. The van der Waals surface area contributed by atoms with Crippen LogP contribution in [0.1, 0.15) is 17.4 Å². The van der Waals surface area contributed by atoms with Gasteiger partial charge in [-0.2, -0.15) is 13.2 Å². The Kier molecular flexibility index (Phi) is 4.73. The highest BCUT2D eigenvalue weighted by molar-refractivity contribution is 7.99. The highest BCUT2D eigenvalue weighted by Gasteiger charge is 2.30. The third kappa shape index (κ3) is 3.85. The van der Waals surface area contributed by atoms with Crippen LogP contribution in [0, 0.1) is 0 Å². The lowest BCUT2D eigenvalue weighted by Crippen LogP contribution is -2.12. The number of thioether (sulfide) groups is 1. The topological polar surface area (TPSA) is 42.1 Å². The molecule has 0 atom stereocenters. The van der Waals surface area contributed by atoms with Gasteiger partial charge in [0.05, 0.1) is 12.4 Å². The lowest BCUT2D eigenvalue weighted by atomic mass is 10.2. The average molecular weight is 338 g/mol. The molecule has 21 heavy (non-hydrogen) atoms. The van der Waals surface area contributed by atoms with Crippen molar-refractivity contribution in [3.8, 4) is 0 Å². The number of benzene rings is 1. The van der Waals surface area contributed by atoms with Gasteiger partial charge in [-0.15, -0.1) is 11.8 Å². The van der Waals surface area contributed by atoms with Gasteiger partial charge in [0.15, 0.2) is 0 Å². The number of carbonyl (C=O) groups is 1. The Morgan fingerprint density at radius 3 is 2.76 bits per heavy atom. The fraction of sp³-hybridized carbons (Fsp3) is 0.308. The fourth-order valence-corrected chi connectivity index (χ4v) is 2.87. The normalized spacial score (nSPS) is 11.9. The number of alkyl halides is 3. The van der Waals surface area contributed by atoms with Crippen LogP contribution in [0.25, 0.3) is 10.9 Å². The van der Waals surface area contributed by atoms with Crippen molar-refractivity contribution in [1.29, 1.82) is 0 Å². The number of ether oxygens (including phenoxy) is 1. The third-order valence-corrected chi connectivity index (χ3v) is 3.99. The molecule has 1 aromatic carbocycles. The fourth-order valence-electron chi connectivity index (χ4n) is 1.79. The van der Waals surface area contributed by atoms with E-state index in [2.05, 4.69) is 4.98 Å². The van der Waals surface area contributed by atoms with Gasteiger partial charge in [-0.05, 0) is 25.1 Å². The van der Waals surface area contributed by atoms with Crippen LogP contribution in [-0.4, -0.2) is 29.5 Å². The first-order valence-corrected chi connectivity index (χ1v) is 7.36. The van der Waals surface area contributed by atoms with Crippen LogP contribution in [-0.2, 0) is 4.74 Å². The third-order valence-electron chi connectivity index (χ3n) is 2.57. The van der Waals surface area contributed by atoms with Crippen LogP contribution in [0.15, 0.2) is 23.1 Å². The number of rotatable bonds is 4. The van der Waals surface area contributed by atoms with Crippen molar-refractivity contribution in [2.24, 2.45) is 0 Å². The van der Waals surface area contributed by atoms with E-state index in [1.54, 1.807) is 19.1 Å². The summed E-state index contributed by atoms with van der Waals surface area (Å²) in [5, 5.41) is 0.852. The van der Waals surface area contributed by atoms with E-state index in [0.717, 1.165) is 0 Å². The minimum atomic E-state index is -4.33. The maximum absolute atomic E-state index is 12.4. The van der Waals surface area contributed by atoms with Crippen molar-refractivity contribution >= 4 is 40.2 Å². The molecule has 1 heterocycles. The predicted molar refractivity (Wildman–Crippen MR) is 76.0 cm³/mol. The Morgan fingerprint density at radius 2 is 2.14 bits per heavy atom. The van der Waals surface area contributed by atoms with Gasteiger partial charge in [-0.1, -0.05) is 11.6 Å². The summed E-state index contributed by atoms with van der Waals surface area (Å²) in [6.45, 7) is 1.76. The van der Waals surface area contributed by atoms with Crippen molar-refractivity contribution in [2.45, 2.75) is 18.0 Å². The molecule has 0 fully saturated rings. The van der Waals surface area contributed by atoms with E-state index in [4.69, 9.17) is 16.3 Å². The van der Waals surface area contributed by atoms with Gasteiger partial charge in [0.1, 0.15) is 5.69 Å². The maximum Gasteiger partial charge on any atom is 0.398 e. The minimum Gasteiger partial charge on any atom is -0.461 e. The molecule has 0 aliphatic heterocycles.